The molecule has 0 fully saturated rings. The SMILES string of the molecule is CCCc1ccc(C#Cc2ccc(C(=O)O)cc2)cc1. The molecule has 0 aliphatic heterocycles. The number of hydrogen-bond acceptors (Lipinski definition) is 1. The van der Waals surface area contributed by atoms with Crippen molar-refractivity contribution in [1.82, 2.24) is 0 Å². The normalized spacial score (nSPS) is 9.65. The highest BCUT2D eigenvalue weighted by Gasteiger charge is 1.99. The summed E-state index contributed by atoms with van der Waals surface area (Å²) in [5, 5.41) is 8.82. The first-order valence-electron chi connectivity index (χ1n) is 6.63. The number of aryl methyl sites for hydroxylation is 1. The van der Waals surface area contributed by atoms with Crippen LogP contribution in [0.25, 0.3) is 0 Å². The van der Waals surface area contributed by atoms with Gasteiger partial charge in [-0.15, -0.1) is 0 Å². The Bertz CT molecular complexity index is 641. The van der Waals surface area contributed by atoms with Gasteiger partial charge in [-0.25, -0.2) is 4.79 Å². The summed E-state index contributed by atoms with van der Waals surface area (Å²) in [5.74, 6) is 5.20. The van der Waals surface area contributed by atoms with Crippen LogP contribution in [-0.4, -0.2) is 11.1 Å². The van der Waals surface area contributed by atoms with Gasteiger partial charge in [0.1, 0.15) is 0 Å². The second-order valence-corrected chi connectivity index (χ2v) is 4.58. The number of rotatable bonds is 3. The summed E-state index contributed by atoms with van der Waals surface area (Å²) in [6.07, 6.45) is 2.23. The molecule has 0 amide bonds. The molecule has 100 valence electrons. The summed E-state index contributed by atoms with van der Waals surface area (Å²) in [4.78, 5) is 10.7. The highest BCUT2D eigenvalue weighted by atomic mass is 16.4. The largest absolute Gasteiger partial charge is 0.478 e. The van der Waals surface area contributed by atoms with Gasteiger partial charge in [0, 0.05) is 11.1 Å². The Morgan fingerprint density at radius 3 is 1.90 bits per heavy atom. The highest BCUT2D eigenvalue weighted by Crippen LogP contribution is 2.07. The Morgan fingerprint density at radius 1 is 0.950 bits per heavy atom. The van der Waals surface area contributed by atoms with Crippen molar-refractivity contribution in [3.8, 4) is 11.8 Å². The molecule has 0 bridgehead atoms. The van der Waals surface area contributed by atoms with E-state index in [0.717, 1.165) is 24.0 Å². The average molecular weight is 264 g/mol. The van der Waals surface area contributed by atoms with E-state index >= 15 is 0 Å². The maximum absolute atomic E-state index is 10.7. The fourth-order valence-corrected chi connectivity index (χ4v) is 1.88. The number of carboxylic acids is 1. The standard InChI is InChI=1S/C18H16O2/c1-2-3-14-4-6-15(7-5-14)8-9-16-10-12-17(13-11-16)18(19)20/h4-7,10-13H,2-3H2,1H3,(H,19,20). The second-order valence-electron chi connectivity index (χ2n) is 4.58. The molecule has 0 aromatic heterocycles. The van der Waals surface area contributed by atoms with Gasteiger partial charge < -0.3 is 5.11 Å². The number of aromatic carboxylic acids is 1. The molecule has 2 nitrogen and oxygen atoms in total. The molecule has 2 heteroatoms. The lowest BCUT2D eigenvalue weighted by atomic mass is 10.1. The average Bonchev–Trinajstić information content (AvgIpc) is 2.47. The minimum atomic E-state index is -0.920. The van der Waals surface area contributed by atoms with Crippen LogP contribution in [0, 0.1) is 11.8 Å². The predicted molar refractivity (Wildman–Crippen MR) is 79.8 cm³/mol. The molecule has 2 aromatic rings. The summed E-state index contributed by atoms with van der Waals surface area (Å²) in [5.41, 5.74) is 3.38. The molecular formula is C18H16O2. The molecule has 0 aliphatic carbocycles. The van der Waals surface area contributed by atoms with Gasteiger partial charge in [-0.3, -0.25) is 0 Å². The number of hydrogen-bond donors (Lipinski definition) is 1. The van der Waals surface area contributed by atoms with Crippen molar-refractivity contribution in [2.45, 2.75) is 19.8 Å². The van der Waals surface area contributed by atoms with Crippen molar-refractivity contribution >= 4 is 5.97 Å². The molecule has 0 aliphatic rings. The molecule has 0 saturated carbocycles. The topological polar surface area (TPSA) is 37.3 Å². The lowest BCUT2D eigenvalue weighted by Crippen LogP contribution is -1.94. The van der Waals surface area contributed by atoms with Crippen LogP contribution in [0.1, 0.15) is 40.4 Å². The smallest absolute Gasteiger partial charge is 0.335 e. The Hall–Kier alpha value is -2.53. The summed E-state index contributed by atoms with van der Waals surface area (Å²) in [6.45, 7) is 2.16. The van der Waals surface area contributed by atoms with Crippen LogP contribution < -0.4 is 0 Å². The Balaban J connectivity index is 2.11. The molecule has 0 spiro atoms. The number of carbonyl (C=O) groups is 1. The van der Waals surface area contributed by atoms with E-state index in [9.17, 15) is 4.79 Å². The van der Waals surface area contributed by atoms with Crippen LogP contribution in [0.5, 0.6) is 0 Å². The van der Waals surface area contributed by atoms with E-state index in [2.05, 4.69) is 30.9 Å². The minimum absolute atomic E-state index is 0.277. The van der Waals surface area contributed by atoms with Crippen LogP contribution in [0.15, 0.2) is 48.5 Å². The van der Waals surface area contributed by atoms with Crippen molar-refractivity contribution in [2.24, 2.45) is 0 Å². The Morgan fingerprint density at radius 2 is 1.45 bits per heavy atom. The van der Waals surface area contributed by atoms with E-state index in [4.69, 9.17) is 5.11 Å². The molecule has 1 N–H and O–H groups in total. The lowest BCUT2D eigenvalue weighted by Gasteiger charge is -1.97. The van der Waals surface area contributed by atoms with Gasteiger partial charge in [-0.2, -0.15) is 0 Å². The van der Waals surface area contributed by atoms with Gasteiger partial charge in [-0.05, 0) is 48.4 Å². The second kappa shape index (κ2) is 6.58. The first-order chi connectivity index (χ1) is 9.69. The van der Waals surface area contributed by atoms with Crippen molar-refractivity contribution in [2.75, 3.05) is 0 Å². The van der Waals surface area contributed by atoms with Gasteiger partial charge in [0.15, 0.2) is 0 Å². The zero-order valence-corrected chi connectivity index (χ0v) is 11.4. The van der Waals surface area contributed by atoms with Crippen LogP contribution in [0.2, 0.25) is 0 Å². The molecule has 0 atom stereocenters. The third-order valence-corrected chi connectivity index (χ3v) is 2.98. The molecule has 0 radical (unpaired) electrons. The number of carboxylic acid groups (broad SMARTS) is 1. The molecule has 2 rings (SSSR count). The highest BCUT2D eigenvalue weighted by molar-refractivity contribution is 5.87. The molecule has 0 heterocycles. The lowest BCUT2D eigenvalue weighted by molar-refractivity contribution is 0.0697. The first kappa shape index (κ1) is 13.9. The van der Waals surface area contributed by atoms with Crippen LogP contribution in [0.4, 0.5) is 0 Å². The van der Waals surface area contributed by atoms with Crippen molar-refractivity contribution in [3.63, 3.8) is 0 Å². The van der Waals surface area contributed by atoms with E-state index in [1.54, 1.807) is 24.3 Å². The van der Waals surface area contributed by atoms with Gasteiger partial charge in [0.05, 0.1) is 5.56 Å². The molecule has 2 aromatic carbocycles. The van der Waals surface area contributed by atoms with E-state index < -0.39 is 5.97 Å². The van der Waals surface area contributed by atoms with E-state index in [1.807, 2.05) is 12.1 Å². The summed E-state index contributed by atoms with van der Waals surface area (Å²) >= 11 is 0. The fraction of sp³-hybridized carbons (Fsp3) is 0.167. The maximum atomic E-state index is 10.7. The Labute approximate surface area is 119 Å². The molecular weight excluding hydrogens is 248 g/mol. The predicted octanol–water partition coefficient (Wildman–Crippen LogP) is 3.74. The zero-order chi connectivity index (χ0) is 14.4. The summed E-state index contributed by atoms with van der Waals surface area (Å²) in [6, 6.07) is 14.8. The molecule has 0 unspecified atom stereocenters. The van der Waals surface area contributed by atoms with Crippen molar-refractivity contribution in [1.29, 1.82) is 0 Å². The quantitative estimate of drug-likeness (QED) is 0.857. The summed E-state index contributed by atoms with van der Waals surface area (Å²) in [7, 11) is 0. The zero-order valence-electron chi connectivity index (χ0n) is 11.4. The first-order valence-corrected chi connectivity index (χ1v) is 6.63. The van der Waals surface area contributed by atoms with E-state index in [0.29, 0.717) is 0 Å². The monoisotopic (exact) mass is 264 g/mol. The van der Waals surface area contributed by atoms with Crippen LogP contribution in [0.3, 0.4) is 0 Å². The van der Waals surface area contributed by atoms with Crippen molar-refractivity contribution in [3.05, 3.63) is 70.8 Å². The van der Waals surface area contributed by atoms with Gasteiger partial charge in [0.25, 0.3) is 0 Å². The van der Waals surface area contributed by atoms with Crippen molar-refractivity contribution < 1.29 is 9.90 Å². The van der Waals surface area contributed by atoms with E-state index in [1.165, 1.54) is 5.56 Å². The Kier molecular flexibility index (Phi) is 4.57. The minimum Gasteiger partial charge on any atom is -0.478 e. The van der Waals surface area contributed by atoms with E-state index in [-0.39, 0.29) is 5.56 Å². The van der Waals surface area contributed by atoms with Crippen LogP contribution >= 0.6 is 0 Å². The van der Waals surface area contributed by atoms with Gasteiger partial charge in [-0.1, -0.05) is 37.3 Å². The van der Waals surface area contributed by atoms with Crippen LogP contribution in [-0.2, 0) is 6.42 Å². The van der Waals surface area contributed by atoms with Gasteiger partial charge >= 0.3 is 5.97 Å². The third kappa shape index (κ3) is 3.73. The maximum Gasteiger partial charge on any atom is 0.335 e. The molecule has 0 saturated heterocycles. The molecule has 20 heavy (non-hydrogen) atoms. The fourth-order valence-electron chi connectivity index (χ4n) is 1.88. The summed E-state index contributed by atoms with van der Waals surface area (Å²) < 4.78 is 0. The number of benzene rings is 2. The van der Waals surface area contributed by atoms with Gasteiger partial charge in [0.2, 0.25) is 0 Å². The third-order valence-electron chi connectivity index (χ3n) is 2.98.